The molecule has 0 saturated heterocycles. The molecule has 2 aromatic rings. The first-order valence-electron chi connectivity index (χ1n) is 8.34. The number of nitrogens with one attached hydrogen (secondary N) is 2. The largest absolute Gasteiger partial charge is 0.495 e. The average Bonchev–Trinajstić information content (AvgIpc) is 2.71. The number of carbonyl (C=O) groups is 1. The predicted octanol–water partition coefficient (Wildman–Crippen LogP) is 3.53. The van der Waals surface area contributed by atoms with E-state index in [-0.39, 0.29) is 16.6 Å². The summed E-state index contributed by atoms with van der Waals surface area (Å²) in [6.45, 7) is 3.70. The molecular formula is C20H22N2O4S2. The first-order valence-corrected chi connectivity index (χ1v) is 10.8. The Morgan fingerprint density at radius 3 is 2.68 bits per heavy atom. The van der Waals surface area contributed by atoms with Crippen LogP contribution in [-0.2, 0) is 14.8 Å². The predicted molar refractivity (Wildman–Crippen MR) is 114 cm³/mol. The van der Waals surface area contributed by atoms with Crippen LogP contribution in [0.15, 0.2) is 71.0 Å². The topological polar surface area (TPSA) is 84.5 Å². The molecule has 148 valence electrons. The van der Waals surface area contributed by atoms with Crippen molar-refractivity contribution in [1.29, 1.82) is 0 Å². The quantitative estimate of drug-likeness (QED) is 0.370. The first kappa shape index (κ1) is 21.7. The van der Waals surface area contributed by atoms with E-state index in [9.17, 15) is 13.2 Å². The maximum absolute atomic E-state index is 12.3. The average molecular weight is 419 g/mol. The number of para-hydroxylation sites is 1. The summed E-state index contributed by atoms with van der Waals surface area (Å²) in [6.07, 6.45) is 4.69. The van der Waals surface area contributed by atoms with Gasteiger partial charge >= 0.3 is 0 Å². The Bertz CT molecular complexity index is 985. The van der Waals surface area contributed by atoms with E-state index in [1.54, 1.807) is 36.0 Å². The second-order valence-corrected chi connectivity index (χ2v) is 8.45. The van der Waals surface area contributed by atoms with Gasteiger partial charge in [0.15, 0.2) is 0 Å². The van der Waals surface area contributed by atoms with Crippen molar-refractivity contribution in [3.8, 4) is 5.75 Å². The summed E-state index contributed by atoms with van der Waals surface area (Å²) >= 11 is 1.57. The third-order valence-electron chi connectivity index (χ3n) is 3.67. The lowest BCUT2D eigenvalue weighted by molar-refractivity contribution is -0.111. The highest BCUT2D eigenvalue weighted by atomic mass is 32.2. The van der Waals surface area contributed by atoms with Crippen LogP contribution in [0.4, 0.5) is 5.69 Å². The number of anilines is 1. The molecule has 0 unspecified atom stereocenters. The molecular weight excluding hydrogens is 396 g/mol. The van der Waals surface area contributed by atoms with Crippen molar-refractivity contribution >= 4 is 39.5 Å². The number of hydrogen-bond donors (Lipinski definition) is 2. The molecule has 2 N–H and O–H groups in total. The number of hydrogen-bond acceptors (Lipinski definition) is 5. The van der Waals surface area contributed by atoms with Crippen LogP contribution in [0, 0.1) is 0 Å². The number of thioether (sulfide) groups is 1. The third kappa shape index (κ3) is 5.72. The van der Waals surface area contributed by atoms with E-state index < -0.39 is 10.0 Å². The van der Waals surface area contributed by atoms with Gasteiger partial charge in [0, 0.05) is 16.7 Å². The summed E-state index contributed by atoms with van der Waals surface area (Å²) < 4.78 is 31.6. The van der Waals surface area contributed by atoms with Gasteiger partial charge in [-0.15, -0.1) is 18.3 Å². The third-order valence-corrected chi connectivity index (χ3v) is 6.18. The number of amides is 1. The van der Waals surface area contributed by atoms with Gasteiger partial charge in [0.25, 0.3) is 0 Å². The molecule has 0 heterocycles. The molecule has 8 heteroatoms. The summed E-state index contributed by atoms with van der Waals surface area (Å²) in [7, 11) is -0.962. The zero-order valence-electron chi connectivity index (χ0n) is 15.6. The molecule has 0 saturated carbocycles. The number of carbonyl (C=O) groups excluding carboxylic acids is 1. The molecule has 2 aromatic carbocycles. The fourth-order valence-electron chi connectivity index (χ4n) is 2.31. The van der Waals surface area contributed by atoms with E-state index in [2.05, 4.69) is 16.6 Å². The van der Waals surface area contributed by atoms with Crippen molar-refractivity contribution in [2.75, 3.05) is 25.2 Å². The van der Waals surface area contributed by atoms with E-state index in [4.69, 9.17) is 4.74 Å². The smallest absolute Gasteiger partial charge is 0.248 e. The van der Waals surface area contributed by atoms with Crippen LogP contribution >= 0.6 is 11.8 Å². The zero-order chi connectivity index (χ0) is 20.6. The minimum Gasteiger partial charge on any atom is -0.495 e. The molecule has 0 aliphatic carbocycles. The lowest BCUT2D eigenvalue weighted by Gasteiger charge is -2.10. The van der Waals surface area contributed by atoms with Crippen LogP contribution < -0.4 is 14.8 Å². The summed E-state index contributed by atoms with van der Waals surface area (Å²) in [6, 6.07) is 12.2. The van der Waals surface area contributed by atoms with Gasteiger partial charge in [0.1, 0.15) is 10.6 Å². The van der Waals surface area contributed by atoms with Crippen molar-refractivity contribution in [3.63, 3.8) is 0 Å². The van der Waals surface area contributed by atoms with E-state index in [0.717, 1.165) is 10.6 Å². The van der Waals surface area contributed by atoms with Gasteiger partial charge in [0.05, 0.1) is 12.8 Å². The molecule has 0 atom stereocenters. The Morgan fingerprint density at radius 2 is 2.00 bits per heavy atom. The van der Waals surface area contributed by atoms with Crippen molar-refractivity contribution < 1.29 is 17.9 Å². The van der Waals surface area contributed by atoms with E-state index >= 15 is 0 Å². The molecule has 0 spiro atoms. The Balaban J connectivity index is 2.19. The Morgan fingerprint density at radius 1 is 1.25 bits per heavy atom. The van der Waals surface area contributed by atoms with Gasteiger partial charge < -0.3 is 10.1 Å². The van der Waals surface area contributed by atoms with E-state index in [1.807, 2.05) is 24.3 Å². The maximum Gasteiger partial charge on any atom is 0.248 e. The number of ether oxygens (including phenoxy) is 1. The Labute approximate surface area is 169 Å². The van der Waals surface area contributed by atoms with Gasteiger partial charge in [0.2, 0.25) is 15.9 Å². The van der Waals surface area contributed by atoms with Crippen molar-refractivity contribution in [2.24, 2.45) is 0 Å². The molecule has 28 heavy (non-hydrogen) atoms. The van der Waals surface area contributed by atoms with Gasteiger partial charge in [-0.1, -0.05) is 24.3 Å². The molecule has 6 nitrogen and oxygen atoms in total. The van der Waals surface area contributed by atoms with Crippen LogP contribution in [0.5, 0.6) is 5.75 Å². The van der Waals surface area contributed by atoms with E-state index in [1.165, 1.54) is 26.3 Å². The van der Waals surface area contributed by atoms with Gasteiger partial charge in [-0.3, -0.25) is 4.79 Å². The Hall–Kier alpha value is -2.55. The molecule has 0 radical (unpaired) electrons. The highest BCUT2D eigenvalue weighted by Crippen LogP contribution is 2.27. The highest BCUT2D eigenvalue weighted by molar-refractivity contribution is 7.99. The van der Waals surface area contributed by atoms with Crippen LogP contribution in [0.2, 0.25) is 0 Å². The van der Waals surface area contributed by atoms with Crippen molar-refractivity contribution in [1.82, 2.24) is 4.72 Å². The minimum atomic E-state index is -3.69. The summed E-state index contributed by atoms with van der Waals surface area (Å²) in [5.74, 6) is 0.640. The normalized spacial score (nSPS) is 11.4. The van der Waals surface area contributed by atoms with Gasteiger partial charge in [-0.25, -0.2) is 13.1 Å². The number of methoxy groups -OCH3 is 1. The zero-order valence-corrected chi connectivity index (χ0v) is 17.3. The van der Waals surface area contributed by atoms with Crippen molar-refractivity contribution in [2.45, 2.75) is 9.79 Å². The molecule has 0 aromatic heterocycles. The first-order chi connectivity index (χ1) is 13.4. The van der Waals surface area contributed by atoms with Crippen LogP contribution in [-0.4, -0.2) is 34.2 Å². The standard InChI is InChI=1S/C20H22N2O4S2/c1-4-13-27-18-8-6-5-7-16(18)22-20(23)12-10-15-9-11-17(26-3)19(14-15)28(24,25)21-2/h4-12,14,21H,1,13H2,2-3H3,(H,22,23)/b12-10+. The number of sulfonamides is 1. The van der Waals surface area contributed by atoms with Crippen molar-refractivity contribution in [3.05, 3.63) is 66.8 Å². The summed E-state index contributed by atoms with van der Waals surface area (Å²) in [5, 5.41) is 2.83. The summed E-state index contributed by atoms with van der Waals surface area (Å²) in [4.78, 5) is 13.2. The minimum absolute atomic E-state index is 0.00577. The molecule has 0 aliphatic rings. The molecule has 0 bridgehead atoms. The lowest BCUT2D eigenvalue weighted by atomic mass is 10.2. The second-order valence-electron chi connectivity index (χ2n) is 5.54. The van der Waals surface area contributed by atoms with Gasteiger partial charge in [-0.05, 0) is 43.0 Å². The Kier molecular flexibility index (Phi) is 7.86. The van der Waals surface area contributed by atoms with Gasteiger partial charge in [-0.2, -0.15) is 0 Å². The van der Waals surface area contributed by atoms with Crippen LogP contribution in [0.3, 0.4) is 0 Å². The molecule has 0 aliphatic heterocycles. The van der Waals surface area contributed by atoms with E-state index in [0.29, 0.717) is 11.3 Å². The highest BCUT2D eigenvalue weighted by Gasteiger charge is 2.17. The summed E-state index contributed by atoms with van der Waals surface area (Å²) in [5.41, 5.74) is 1.26. The maximum atomic E-state index is 12.3. The monoisotopic (exact) mass is 418 g/mol. The molecule has 2 rings (SSSR count). The van der Waals surface area contributed by atoms with Crippen LogP contribution in [0.25, 0.3) is 6.08 Å². The number of rotatable bonds is 9. The fraction of sp³-hybridized carbons (Fsp3) is 0.150. The fourth-order valence-corrected chi connectivity index (χ4v) is 3.98. The van der Waals surface area contributed by atoms with Crippen LogP contribution in [0.1, 0.15) is 5.56 Å². The lowest BCUT2D eigenvalue weighted by Crippen LogP contribution is -2.19. The number of benzene rings is 2. The molecule has 0 fully saturated rings. The SMILES string of the molecule is C=CCSc1ccccc1NC(=O)/C=C/c1ccc(OC)c(S(=O)(=O)NC)c1. The second kappa shape index (κ2) is 10.1. The molecule has 1 amide bonds.